The molecule has 0 saturated carbocycles. The van der Waals surface area contributed by atoms with Crippen LogP contribution < -0.4 is 0 Å². The number of tetrazole rings is 1. The second kappa shape index (κ2) is 13.8. The second-order valence-corrected chi connectivity index (χ2v) is 8.96. The molecule has 1 fully saturated rings. The molecule has 1 unspecified atom stereocenters. The fourth-order valence-corrected chi connectivity index (χ4v) is 4.76. The van der Waals surface area contributed by atoms with Gasteiger partial charge in [0.05, 0.1) is 19.1 Å². The predicted molar refractivity (Wildman–Crippen MR) is 141 cm³/mol. The van der Waals surface area contributed by atoms with Gasteiger partial charge in [0.1, 0.15) is 0 Å². The second-order valence-electron chi connectivity index (χ2n) is 8.96. The van der Waals surface area contributed by atoms with Gasteiger partial charge in [-0.2, -0.15) is 5.21 Å². The topological polar surface area (TPSA) is 104 Å². The molecule has 1 aromatic heterocycles. The Morgan fingerprint density at radius 2 is 1.67 bits per heavy atom. The Morgan fingerprint density at radius 1 is 1.06 bits per heavy atom. The van der Waals surface area contributed by atoms with Crippen LogP contribution in [0.2, 0.25) is 0 Å². The van der Waals surface area contributed by atoms with Crippen LogP contribution in [0.1, 0.15) is 69.4 Å². The summed E-state index contributed by atoms with van der Waals surface area (Å²) in [6, 6.07) is 17.4. The van der Waals surface area contributed by atoms with E-state index in [1.165, 1.54) is 5.56 Å². The molecular formula is C28H39N5O3. The number of nitrogens with zero attached hydrogens (tertiary/aromatic N) is 4. The van der Waals surface area contributed by atoms with Gasteiger partial charge in [0.2, 0.25) is 0 Å². The maximum atomic E-state index is 11.9. The number of aromatic amines is 1. The first-order chi connectivity index (χ1) is 17.6. The average molecular weight is 494 g/mol. The summed E-state index contributed by atoms with van der Waals surface area (Å²) in [5.41, 5.74) is 4.65. The summed E-state index contributed by atoms with van der Waals surface area (Å²) in [4.78, 5) is 14.4. The molecule has 1 aliphatic heterocycles. The first kappa shape index (κ1) is 27.5. The Kier molecular flexibility index (Phi) is 10.6. The number of aromatic nitrogens is 4. The van der Waals surface area contributed by atoms with Crippen LogP contribution in [0, 0.1) is 5.92 Å². The zero-order chi connectivity index (χ0) is 25.9. The van der Waals surface area contributed by atoms with Gasteiger partial charge in [-0.25, -0.2) is 0 Å². The first-order valence-electron chi connectivity index (χ1n) is 13.0. The van der Waals surface area contributed by atoms with Gasteiger partial charge < -0.3 is 9.84 Å². The van der Waals surface area contributed by atoms with Crippen molar-refractivity contribution >= 4 is 5.97 Å². The van der Waals surface area contributed by atoms with Gasteiger partial charge in [-0.1, -0.05) is 80.9 Å². The number of aliphatic carboxylic acids is 1. The molecule has 1 saturated heterocycles. The highest BCUT2D eigenvalue weighted by Gasteiger charge is 2.32. The third kappa shape index (κ3) is 6.98. The van der Waals surface area contributed by atoms with E-state index in [-0.39, 0.29) is 5.92 Å². The summed E-state index contributed by atoms with van der Waals surface area (Å²) in [7, 11) is 0. The maximum Gasteiger partial charge on any atom is 0.307 e. The van der Waals surface area contributed by atoms with Crippen LogP contribution >= 0.6 is 0 Å². The zero-order valence-electron chi connectivity index (χ0n) is 21.9. The van der Waals surface area contributed by atoms with Crippen molar-refractivity contribution in [3.8, 4) is 11.1 Å². The van der Waals surface area contributed by atoms with Gasteiger partial charge in [0.25, 0.3) is 0 Å². The number of hydrogen-bond acceptors (Lipinski definition) is 6. The standard InChI is InChI=1S/C26H33N5O3.C2H6/c1-3-4-23(26(32)33)24(25-27-29-30-28-25)17-19-5-7-21(8-6-19)22-11-9-20(10-12-22)18(2)31-13-15-34-16-14-31;1-2/h5-12,18,23-24H,3-4,13-17H2,1-2H3,(H,32,33)(H,27,28,29,30);1-2H3/t18?,23-,24-;/m0./s1. The van der Waals surface area contributed by atoms with Crippen molar-refractivity contribution in [2.45, 2.75) is 58.9 Å². The van der Waals surface area contributed by atoms with E-state index in [4.69, 9.17) is 4.74 Å². The van der Waals surface area contributed by atoms with Crippen LogP contribution in [-0.2, 0) is 16.0 Å². The van der Waals surface area contributed by atoms with E-state index in [1.807, 2.05) is 20.8 Å². The Balaban J connectivity index is 0.00000176. The van der Waals surface area contributed by atoms with Gasteiger partial charge in [-0.3, -0.25) is 9.69 Å². The third-order valence-corrected chi connectivity index (χ3v) is 6.83. The van der Waals surface area contributed by atoms with Gasteiger partial charge in [-0.05, 0) is 42.0 Å². The number of ether oxygens (including phenoxy) is 1. The number of carbonyl (C=O) groups is 1. The quantitative estimate of drug-likeness (QED) is 0.404. The van der Waals surface area contributed by atoms with Gasteiger partial charge >= 0.3 is 5.97 Å². The largest absolute Gasteiger partial charge is 0.481 e. The molecule has 0 aliphatic carbocycles. The number of benzene rings is 2. The number of nitrogens with one attached hydrogen (secondary N) is 1. The minimum absolute atomic E-state index is 0.331. The molecule has 0 spiro atoms. The van der Waals surface area contributed by atoms with Crippen LogP contribution in [0.25, 0.3) is 11.1 Å². The maximum absolute atomic E-state index is 11.9. The summed E-state index contributed by atoms with van der Waals surface area (Å²) in [5, 5.41) is 24.1. The molecule has 8 nitrogen and oxygen atoms in total. The van der Waals surface area contributed by atoms with Crippen LogP contribution in [0.4, 0.5) is 0 Å². The molecule has 2 N–H and O–H groups in total. The number of hydrogen-bond donors (Lipinski definition) is 2. The highest BCUT2D eigenvalue weighted by molar-refractivity contribution is 5.71. The van der Waals surface area contributed by atoms with E-state index in [2.05, 4.69) is 81.0 Å². The van der Waals surface area contributed by atoms with E-state index in [0.29, 0.717) is 24.7 Å². The van der Waals surface area contributed by atoms with Crippen molar-refractivity contribution < 1.29 is 14.6 Å². The van der Waals surface area contributed by atoms with Crippen molar-refractivity contribution in [1.82, 2.24) is 25.5 Å². The van der Waals surface area contributed by atoms with Crippen LogP contribution in [0.3, 0.4) is 0 Å². The third-order valence-electron chi connectivity index (χ3n) is 6.83. The monoisotopic (exact) mass is 493 g/mol. The lowest BCUT2D eigenvalue weighted by molar-refractivity contribution is -0.142. The zero-order valence-corrected chi connectivity index (χ0v) is 21.9. The van der Waals surface area contributed by atoms with Gasteiger partial charge in [0, 0.05) is 25.0 Å². The minimum atomic E-state index is -0.820. The molecular weight excluding hydrogens is 454 g/mol. The fourth-order valence-electron chi connectivity index (χ4n) is 4.76. The summed E-state index contributed by atoms with van der Waals surface area (Å²) in [6.07, 6.45) is 1.90. The molecule has 2 aromatic carbocycles. The number of morpholine rings is 1. The summed E-state index contributed by atoms with van der Waals surface area (Å²) in [5.74, 6) is -1.25. The van der Waals surface area contributed by atoms with E-state index < -0.39 is 11.9 Å². The summed E-state index contributed by atoms with van der Waals surface area (Å²) in [6.45, 7) is 11.8. The lowest BCUT2D eigenvalue weighted by Crippen LogP contribution is -2.37. The lowest BCUT2D eigenvalue weighted by atomic mass is 9.83. The van der Waals surface area contributed by atoms with Crippen molar-refractivity contribution in [3.63, 3.8) is 0 Å². The number of carboxylic acids is 1. The summed E-state index contributed by atoms with van der Waals surface area (Å²) < 4.78 is 5.47. The van der Waals surface area contributed by atoms with Crippen molar-refractivity contribution in [3.05, 3.63) is 65.5 Å². The molecule has 8 heteroatoms. The van der Waals surface area contributed by atoms with E-state index in [0.717, 1.165) is 49.4 Å². The molecule has 2 heterocycles. The molecule has 194 valence electrons. The van der Waals surface area contributed by atoms with E-state index in [1.54, 1.807) is 0 Å². The SMILES string of the molecule is CC.CCC[C@H](C(=O)O)[C@H](Cc1ccc(-c2ccc(C(C)N3CCOCC3)cc2)cc1)c1nn[nH]n1. The molecule has 0 bridgehead atoms. The Morgan fingerprint density at radius 3 is 2.19 bits per heavy atom. The molecule has 0 radical (unpaired) electrons. The Labute approximate surface area is 214 Å². The fraction of sp³-hybridized carbons (Fsp3) is 0.500. The molecule has 0 amide bonds. The average Bonchev–Trinajstić information content (AvgIpc) is 3.47. The number of H-pyrrole nitrogens is 1. The molecule has 36 heavy (non-hydrogen) atoms. The van der Waals surface area contributed by atoms with Crippen molar-refractivity contribution in [1.29, 1.82) is 0 Å². The smallest absolute Gasteiger partial charge is 0.307 e. The predicted octanol–water partition coefficient (Wildman–Crippen LogP) is 5.11. The van der Waals surface area contributed by atoms with E-state index in [9.17, 15) is 9.90 Å². The molecule has 3 atom stereocenters. The normalized spacial score (nSPS) is 16.4. The molecule has 1 aliphatic rings. The molecule has 4 rings (SSSR count). The number of carboxylic acid groups (broad SMARTS) is 1. The van der Waals surface area contributed by atoms with Crippen molar-refractivity contribution in [2.75, 3.05) is 26.3 Å². The minimum Gasteiger partial charge on any atom is -0.481 e. The van der Waals surface area contributed by atoms with Crippen LogP contribution in [-0.4, -0.2) is 62.9 Å². The van der Waals surface area contributed by atoms with Crippen LogP contribution in [0.15, 0.2) is 48.5 Å². The van der Waals surface area contributed by atoms with Crippen LogP contribution in [0.5, 0.6) is 0 Å². The summed E-state index contributed by atoms with van der Waals surface area (Å²) >= 11 is 0. The van der Waals surface area contributed by atoms with E-state index >= 15 is 0 Å². The number of rotatable bonds is 10. The Hall–Kier alpha value is -3.10. The van der Waals surface area contributed by atoms with Gasteiger partial charge in [0.15, 0.2) is 5.82 Å². The first-order valence-corrected chi connectivity index (χ1v) is 13.0. The highest BCUT2D eigenvalue weighted by atomic mass is 16.5. The highest BCUT2D eigenvalue weighted by Crippen LogP contribution is 2.31. The van der Waals surface area contributed by atoms with Crippen molar-refractivity contribution in [2.24, 2.45) is 5.92 Å². The van der Waals surface area contributed by atoms with Gasteiger partial charge in [-0.15, -0.1) is 10.2 Å². The lowest BCUT2D eigenvalue weighted by Gasteiger charge is -2.32. The Bertz CT molecular complexity index is 1030. The molecule has 3 aromatic rings.